The summed E-state index contributed by atoms with van der Waals surface area (Å²) >= 11 is 0. The monoisotopic (exact) mass is 406 g/mol. The van der Waals surface area contributed by atoms with Crippen molar-refractivity contribution in [3.05, 3.63) is 48.5 Å². The van der Waals surface area contributed by atoms with Gasteiger partial charge in [-0.1, -0.05) is 0 Å². The average Bonchev–Trinajstić information content (AvgIpc) is 2.78. The minimum absolute atomic E-state index is 0.0733. The Balaban J connectivity index is 2.19. The van der Waals surface area contributed by atoms with Crippen molar-refractivity contribution < 1.29 is 29.2 Å². The van der Waals surface area contributed by atoms with Crippen molar-refractivity contribution in [3.8, 4) is 45.6 Å². The Kier molecular flexibility index (Phi) is 4.91. The van der Waals surface area contributed by atoms with E-state index < -0.39 is 0 Å². The first-order valence-electron chi connectivity index (χ1n) is 9.28. The number of fused-ring (bicyclic) bond motifs is 2. The lowest BCUT2D eigenvalue weighted by Crippen LogP contribution is -1.94. The molecule has 0 fully saturated rings. The molecule has 6 heteroatoms. The van der Waals surface area contributed by atoms with Gasteiger partial charge in [0.05, 0.1) is 28.4 Å². The van der Waals surface area contributed by atoms with E-state index in [2.05, 4.69) is 0 Å². The predicted molar refractivity (Wildman–Crippen MR) is 116 cm³/mol. The van der Waals surface area contributed by atoms with Gasteiger partial charge in [0.2, 0.25) is 0 Å². The molecular weight excluding hydrogens is 384 g/mol. The molecule has 0 spiro atoms. The van der Waals surface area contributed by atoms with Crippen LogP contribution < -0.4 is 18.9 Å². The highest BCUT2D eigenvalue weighted by Gasteiger charge is 2.23. The normalized spacial score (nSPS) is 10.9. The summed E-state index contributed by atoms with van der Waals surface area (Å²) in [6.07, 6.45) is 0. The molecule has 0 heterocycles. The number of hydrogen-bond donors (Lipinski definition) is 2. The lowest BCUT2D eigenvalue weighted by Gasteiger charge is -2.18. The van der Waals surface area contributed by atoms with Gasteiger partial charge in [0.1, 0.15) is 11.5 Å². The Labute approximate surface area is 173 Å². The molecule has 0 aliphatic heterocycles. The Hall–Kier alpha value is -3.80. The molecule has 0 aliphatic carbocycles. The summed E-state index contributed by atoms with van der Waals surface area (Å²) in [6, 6.07) is 14.5. The Morgan fingerprint density at radius 1 is 0.533 bits per heavy atom. The minimum atomic E-state index is -0.0733. The van der Waals surface area contributed by atoms with E-state index in [0.29, 0.717) is 22.6 Å². The quantitative estimate of drug-likeness (QED) is 0.480. The topological polar surface area (TPSA) is 77.4 Å². The fourth-order valence-electron chi connectivity index (χ4n) is 3.77. The molecule has 154 valence electrons. The molecule has 0 amide bonds. The third kappa shape index (κ3) is 2.97. The molecule has 4 aromatic rings. The Morgan fingerprint density at radius 2 is 0.933 bits per heavy atom. The van der Waals surface area contributed by atoms with Crippen molar-refractivity contribution in [2.75, 3.05) is 28.4 Å². The van der Waals surface area contributed by atoms with E-state index in [4.69, 9.17) is 18.9 Å². The van der Waals surface area contributed by atoms with Gasteiger partial charge in [0, 0.05) is 11.1 Å². The molecule has 0 aliphatic rings. The molecule has 0 bridgehead atoms. The second-order valence-corrected chi connectivity index (χ2v) is 6.78. The summed E-state index contributed by atoms with van der Waals surface area (Å²) in [6.45, 7) is 0. The van der Waals surface area contributed by atoms with E-state index in [1.807, 2.05) is 24.3 Å². The fraction of sp³-hybridized carbons (Fsp3) is 0.167. The summed E-state index contributed by atoms with van der Waals surface area (Å²) in [7, 11) is 6.15. The summed E-state index contributed by atoms with van der Waals surface area (Å²) < 4.78 is 21.5. The van der Waals surface area contributed by atoms with E-state index in [1.54, 1.807) is 38.5 Å². The molecule has 4 aromatic carbocycles. The van der Waals surface area contributed by atoms with Gasteiger partial charge < -0.3 is 29.2 Å². The van der Waals surface area contributed by atoms with Crippen LogP contribution in [0.3, 0.4) is 0 Å². The number of hydrogen-bond acceptors (Lipinski definition) is 6. The van der Waals surface area contributed by atoms with Crippen molar-refractivity contribution in [2.24, 2.45) is 0 Å². The van der Waals surface area contributed by atoms with E-state index >= 15 is 0 Å². The van der Waals surface area contributed by atoms with Gasteiger partial charge >= 0.3 is 0 Å². The van der Waals surface area contributed by atoms with Crippen molar-refractivity contribution >= 4 is 21.5 Å². The molecule has 0 aromatic heterocycles. The highest BCUT2D eigenvalue weighted by molar-refractivity contribution is 6.11. The highest BCUT2D eigenvalue weighted by atomic mass is 16.5. The molecule has 2 N–H and O–H groups in total. The molecule has 6 nitrogen and oxygen atoms in total. The summed E-state index contributed by atoms with van der Waals surface area (Å²) in [5.41, 5.74) is 0.886. The molecule has 0 unspecified atom stereocenters. The number of phenolic OH excluding ortho intramolecular Hbond substituents is 2. The van der Waals surface area contributed by atoms with Crippen LogP contribution in [0, 0.1) is 0 Å². The van der Waals surface area contributed by atoms with Crippen LogP contribution >= 0.6 is 0 Å². The first-order chi connectivity index (χ1) is 14.5. The second kappa shape index (κ2) is 7.55. The van der Waals surface area contributed by atoms with Crippen molar-refractivity contribution in [3.63, 3.8) is 0 Å². The molecular formula is C24H22O6. The van der Waals surface area contributed by atoms with Crippen LogP contribution in [-0.4, -0.2) is 38.7 Å². The molecule has 0 atom stereocenters. The highest BCUT2D eigenvalue weighted by Crippen LogP contribution is 2.51. The lowest BCUT2D eigenvalue weighted by atomic mass is 9.91. The van der Waals surface area contributed by atoms with E-state index in [0.717, 1.165) is 21.5 Å². The van der Waals surface area contributed by atoms with Crippen LogP contribution in [0.1, 0.15) is 0 Å². The molecule has 0 saturated carbocycles. The predicted octanol–water partition coefficient (Wildman–Crippen LogP) is 5.11. The maximum absolute atomic E-state index is 11.1. The van der Waals surface area contributed by atoms with Gasteiger partial charge in [0.15, 0.2) is 23.0 Å². The van der Waals surface area contributed by atoms with Crippen LogP contribution in [0.2, 0.25) is 0 Å². The Morgan fingerprint density at radius 3 is 1.27 bits per heavy atom. The zero-order chi connectivity index (χ0) is 21.4. The number of methoxy groups -OCH3 is 4. The number of aromatic hydroxyl groups is 2. The first-order valence-corrected chi connectivity index (χ1v) is 9.28. The van der Waals surface area contributed by atoms with Gasteiger partial charge in [-0.3, -0.25) is 0 Å². The van der Waals surface area contributed by atoms with Gasteiger partial charge in [-0.05, 0) is 70.1 Å². The third-order valence-corrected chi connectivity index (χ3v) is 5.26. The largest absolute Gasteiger partial charge is 0.504 e. The summed E-state index contributed by atoms with van der Waals surface area (Å²) in [5.74, 6) is 1.77. The van der Waals surface area contributed by atoms with Crippen molar-refractivity contribution in [1.82, 2.24) is 0 Å². The van der Waals surface area contributed by atoms with Crippen LogP contribution in [0.25, 0.3) is 32.7 Å². The minimum Gasteiger partial charge on any atom is -0.504 e. The third-order valence-electron chi connectivity index (χ3n) is 5.26. The lowest BCUT2D eigenvalue weighted by molar-refractivity contribution is 0.372. The van der Waals surface area contributed by atoms with Crippen LogP contribution in [-0.2, 0) is 0 Å². The smallest absolute Gasteiger partial charge is 0.166 e. The fourth-order valence-corrected chi connectivity index (χ4v) is 3.77. The zero-order valence-corrected chi connectivity index (χ0v) is 17.1. The van der Waals surface area contributed by atoms with E-state index in [9.17, 15) is 10.2 Å². The van der Waals surface area contributed by atoms with Gasteiger partial charge in [-0.15, -0.1) is 0 Å². The van der Waals surface area contributed by atoms with Crippen molar-refractivity contribution in [1.29, 1.82) is 0 Å². The summed E-state index contributed by atoms with van der Waals surface area (Å²) in [5, 5.41) is 25.2. The van der Waals surface area contributed by atoms with Crippen molar-refractivity contribution in [2.45, 2.75) is 0 Å². The van der Waals surface area contributed by atoms with Gasteiger partial charge in [-0.2, -0.15) is 0 Å². The maximum Gasteiger partial charge on any atom is 0.166 e. The Bertz CT molecular complexity index is 1160. The zero-order valence-electron chi connectivity index (χ0n) is 17.1. The molecule has 30 heavy (non-hydrogen) atoms. The first kappa shape index (κ1) is 19.5. The molecule has 4 rings (SSSR count). The second-order valence-electron chi connectivity index (χ2n) is 6.78. The standard InChI is InChI=1S/C24H22O6/c1-27-15-5-7-17-13(9-15)11-19(29-3)23(25)21(17)22-18-8-6-16(28-2)10-14(18)12-20(30-4)24(22)26/h5-12,25-26H,1-4H3. The van der Waals surface area contributed by atoms with Crippen LogP contribution in [0.4, 0.5) is 0 Å². The number of benzene rings is 4. The maximum atomic E-state index is 11.1. The van der Waals surface area contributed by atoms with Gasteiger partial charge in [-0.25, -0.2) is 0 Å². The molecule has 0 radical (unpaired) electrons. The van der Waals surface area contributed by atoms with E-state index in [1.165, 1.54) is 14.2 Å². The number of phenols is 2. The number of ether oxygens (including phenoxy) is 4. The van der Waals surface area contributed by atoms with E-state index in [-0.39, 0.29) is 23.0 Å². The number of rotatable bonds is 5. The average molecular weight is 406 g/mol. The van der Waals surface area contributed by atoms with Gasteiger partial charge in [0.25, 0.3) is 0 Å². The summed E-state index contributed by atoms with van der Waals surface area (Å²) in [4.78, 5) is 0. The molecule has 0 saturated heterocycles. The van der Waals surface area contributed by atoms with Crippen LogP contribution in [0.5, 0.6) is 34.5 Å². The van der Waals surface area contributed by atoms with Crippen LogP contribution in [0.15, 0.2) is 48.5 Å². The SMILES string of the molecule is COc1ccc2c(-c3c(O)c(OC)cc4cc(OC)ccc34)c(O)c(OC)cc2c1.